The van der Waals surface area contributed by atoms with Gasteiger partial charge in [-0.1, -0.05) is 43.2 Å². The summed E-state index contributed by atoms with van der Waals surface area (Å²) in [6.45, 7) is 2.50. The number of benzene rings is 1. The SMILES string of the molecule is C1CCCNCC1.O=C(O)C(O)c1ccccc1. The first-order valence-corrected chi connectivity index (χ1v) is 6.38. The predicted octanol–water partition coefficient (Wildman–Crippen LogP) is 1.95. The van der Waals surface area contributed by atoms with Crippen molar-refractivity contribution < 1.29 is 15.0 Å². The Labute approximate surface area is 108 Å². The molecule has 1 fully saturated rings. The number of nitrogens with one attached hydrogen (secondary N) is 1. The molecule has 4 heteroatoms. The molecule has 0 saturated carbocycles. The van der Waals surface area contributed by atoms with Crippen LogP contribution in [-0.4, -0.2) is 29.3 Å². The number of aliphatic hydroxyl groups excluding tert-OH is 1. The van der Waals surface area contributed by atoms with Crippen molar-refractivity contribution in [2.24, 2.45) is 0 Å². The van der Waals surface area contributed by atoms with E-state index in [2.05, 4.69) is 5.32 Å². The molecular weight excluding hydrogens is 230 g/mol. The van der Waals surface area contributed by atoms with Crippen molar-refractivity contribution in [1.82, 2.24) is 5.32 Å². The minimum absolute atomic E-state index is 0.403. The monoisotopic (exact) mass is 251 g/mol. The number of hydrogen-bond donors (Lipinski definition) is 3. The maximum absolute atomic E-state index is 10.2. The zero-order valence-corrected chi connectivity index (χ0v) is 10.5. The maximum Gasteiger partial charge on any atom is 0.337 e. The summed E-state index contributed by atoms with van der Waals surface area (Å²) >= 11 is 0. The Morgan fingerprint density at radius 3 is 2.11 bits per heavy atom. The molecule has 1 saturated heterocycles. The Balaban J connectivity index is 0.000000199. The van der Waals surface area contributed by atoms with Gasteiger partial charge in [0.15, 0.2) is 6.10 Å². The van der Waals surface area contributed by atoms with Gasteiger partial charge in [-0.05, 0) is 31.5 Å². The summed E-state index contributed by atoms with van der Waals surface area (Å²) < 4.78 is 0. The van der Waals surface area contributed by atoms with Crippen molar-refractivity contribution in [2.75, 3.05) is 13.1 Å². The van der Waals surface area contributed by atoms with Crippen molar-refractivity contribution in [3.8, 4) is 0 Å². The van der Waals surface area contributed by atoms with Crippen LogP contribution in [0, 0.1) is 0 Å². The first-order valence-electron chi connectivity index (χ1n) is 6.38. The van der Waals surface area contributed by atoms with E-state index in [1.807, 2.05) is 0 Å². The molecule has 4 nitrogen and oxygen atoms in total. The molecule has 0 bridgehead atoms. The van der Waals surface area contributed by atoms with Crippen LogP contribution >= 0.6 is 0 Å². The lowest BCUT2D eigenvalue weighted by Gasteiger charge is -2.03. The maximum atomic E-state index is 10.2. The van der Waals surface area contributed by atoms with E-state index in [-0.39, 0.29) is 0 Å². The number of aliphatic carboxylic acids is 1. The summed E-state index contributed by atoms with van der Waals surface area (Å²) in [5, 5.41) is 20.7. The van der Waals surface area contributed by atoms with E-state index in [1.54, 1.807) is 30.3 Å². The summed E-state index contributed by atoms with van der Waals surface area (Å²) in [7, 11) is 0. The quantitative estimate of drug-likeness (QED) is 0.751. The molecule has 3 N–H and O–H groups in total. The lowest BCUT2D eigenvalue weighted by molar-refractivity contribution is -0.146. The minimum Gasteiger partial charge on any atom is -0.479 e. The number of carbonyl (C=O) groups is 1. The Hall–Kier alpha value is -1.39. The highest BCUT2D eigenvalue weighted by Gasteiger charge is 2.14. The van der Waals surface area contributed by atoms with Gasteiger partial charge in [0.05, 0.1) is 0 Å². The first-order chi connectivity index (χ1) is 8.72. The molecule has 0 aliphatic carbocycles. The van der Waals surface area contributed by atoms with Gasteiger partial charge in [-0.3, -0.25) is 0 Å². The van der Waals surface area contributed by atoms with Gasteiger partial charge in [0.1, 0.15) is 0 Å². The fraction of sp³-hybridized carbons (Fsp3) is 0.500. The average Bonchev–Trinajstić information content (AvgIpc) is 2.72. The zero-order valence-electron chi connectivity index (χ0n) is 10.5. The van der Waals surface area contributed by atoms with E-state index in [9.17, 15) is 4.79 Å². The second-order valence-corrected chi connectivity index (χ2v) is 4.32. The summed E-state index contributed by atoms with van der Waals surface area (Å²) in [6, 6.07) is 8.26. The third kappa shape index (κ3) is 5.80. The van der Waals surface area contributed by atoms with Crippen molar-refractivity contribution in [3.63, 3.8) is 0 Å². The fourth-order valence-corrected chi connectivity index (χ4v) is 1.76. The van der Waals surface area contributed by atoms with Crippen LogP contribution < -0.4 is 5.32 Å². The summed E-state index contributed by atoms with van der Waals surface area (Å²) in [5.41, 5.74) is 0.403. The van der Waals surface area contributed by atoms with E-state index in [1.165, 1.54) is 38.8 Å². The number of hydrogen-bond acceptors (Lipinski definition) is 3. The highest BCUT2D eigenvalue weighted by atomic mass is 16.4. The highest BCUT2D eigenvalue weighted by Crippen LogP contribution is 2.10. The van der Waals surface area contributed by atoms with Crippen LogP contribution in [0.2, 0.25) is 0 Å². The predicted molar refractivity (Wildman–Crippen MR) is 70.4 cm³/mol. The third-order valence-corrected chi connectivity index (χ3v) is 2.81. The van der Waals surface area contributed by atoms with E-state index in [4.69, 9.17) is 10.2 Å². The molecule has 1 aromatic carbocycles. The number of carboxylic acid groups (broad SMARTS) is 1. The van der Waals surface area contributed by atoms with Gasteiger partial charge < -0.3 is 15.5 Å². The van der Waals surface area contributed by atoms with Gasteiger partial charge in [0.2, 0.25) is 0 Å². The van der Waals surface area contributed by atoms with Crippen LogP contribution in [0.3, 0.4) is 0 Å². The second-order valence-electron chi connectivity index (χ2n) is 4.32. The smallest absolute Gasteiger partial charge is 0.337 e. The first kappa shape index (κ1) is 14.7. The molecular formula is C14H21NO3. The molecule has 0 amide bonds. The Kier molecular flexibility index (Phi) is 7.06. The molecule has 1 aliphatic rings. The van der Waals surface area contributed by atoms with Gasteiger partial charge in [-0.25, -0.2) is 4.79 Å². The van der Waals surface area contributed by atoms with E-state index in [0.29, 0.717) is 5.56 Å². The number of carboxylic acids is 1. The highest BCUT2D eigenvalue weighted by molar-refractivity contribution is 5.73. The van der Waals surface area contributed by atoms with Crippen molar-refractivity contribution >= 4 is 5.97 Å². The molecule has 100 valence electrons. The molecule has 2 rings (SSSR count). The van der Waals surface area contributed by atoms with E-state index in [0.717, 1.165) is 0 Å². The summed E-state index contributed by atoms with van der Waals surface area (Å²) in [6.07, 6.45) is 4.25. The Morgan fingerprint density at radius 2 is 1.61 bits per heavy atom. The molecule has 18 heavy (non-hydrogen) atoms. The van der Waals surface area contributed by atoms with Crippen LogP contribution in [0.15, 0.2) is 30.3 Å². The van der Waals surface area contributed by atoms with Crippen molar-refractivity contribution in [3.05, 3.63) is 35.9 Å². The van der Waals surface area contributed by atoms with Crippen LogP contribution in [0.4, 0.5) is 0 Å². The fourth-order valence-electron chi connectivity index (χ4n) is 1.76. The van der Waals surface area contributed by atoms with Crippen LogP contribution in [0.5, 0.6) is 0 Å². The van der Waals surface area contributed by atoms with Gasteiger partial charge in [0.25, 0.3) is 0 Å². The van der Waals surface area contributed by atoms with Crippen LogP contribution in [0.25, 0.3) is 0 Å². The lowest BCUT2D eigenvalue weighted by Crippen LogP contribution is -2.12. The molecule has 1 aliphatic heterocycles. The molecule has 0 spiro atoms. The normalized spacial score (nSPS) is 16.9. The Bertz CT molecular complexity index is 321. The summed E-state index contributed by atoms with van der Waals surface area (Å²) in [4.78, 5) is 10.2. The largest absolute Gasteiger partial charge is 0.479 e. The standard InChI is InChI=1S/C8H8O3.C6H13N/c9-7(8(10)11)6-4-2-1-3-5-6;1-2-4-6-7-5-3-1/h1-5,7,9H,(H,10,11);7H,1-6H2. The van der Waals surface area contributed by atoms with Gasteiger partial charge in [-0.2, -0.15) is 0 Å². The van der Waals surface area contributed by atoms with Crippen LogP contribution in [-0.2, 0) is 4.79 Å². The molecule has 1 heterocycles. The van der Waals surface area contributed by atoms with E-state index >= 15 is 0 Å². The van der Waals surface area contributed by atoms with Gasteiger partial charge in [-0.15, -0.1) is 0 Å². The van der Waals surface area contributed by atoms with Crippen molar-refractivity contribution in [2.45, 2.75) is 31.8 Å². The number of aliphatic hydroxyl groups is 1. The zero-order chi connectivity index (χ0) is 13.2. The molecule has 1 unspecified atom stereocenters. The van der Waals surface area contributed by atoms with Gasteiger partial charge in [0, 0.05) is 0 Å². The Morgan fingerprint density at radius 1 is 1.06 bits per heavy atom. The number of rotatable bonds is 2. The minimum atomic E-state index is -1.41. The lowest BCUT2D eigenvalue weighted by atomic mass is 10.1. The molecule has 1 atom stereocenters. The molecule has 1 aromatic rings. The van der Waals surface area contributed by atoms with E-state index < -0.39 is 12.1 Å². The topological polar surface area (TPSA) is 69.6 Å². The summed E-state index contributed by atoms with van der Waals surface area (Å²) in [5.74, 6) is -1.23. The molecule has 0 radical (unpaired) electrons. The van der Waals surface area contributed by atoms with Crippen molar-refractivity contribution in [1.29, 1.82) is 0 Å². The van der Waals surface area contributed by atoms with Gasteiger partial charge >= 0.3 is 5.97 Å². The molecule has 0 aromatic heterocycles. The third-order valence-electron chi connectivity index (χ3n) is 2.81. The second kappa shape index (κ2) is 8.66. The average molecular weight is 251 g/mol. The van der Waals surface area contributed by atoms with Crippen LogP contribution in [0.1, 0.15) is 37.4 Å².